The molecular formula is C28H30ClF2N4O2+. The molecule has 4 heterocycles. The lowest BCUT2D eigenvalue weighted by Crippen LogP contribution is -2.57. The molecule has 2 unspecified atom stereocenters. The highest BCUT2D eigenvalue weighted by Crippen LogP contribution is 2.44. The molecule has 1 amide bonds. The van der Waals surface area contributed by atoms with Gasteiger partial charge < -0.3 is 10.0 Å². The molecule has 2 aliphatic rings. The molecule has 9 heteroatoms. The zero-order valence-electron chi connectivity index (χ0n) is 20.8. The minimum atomic E-state index is -1.17. The molecule has 0 spiro atoms. The molecule has 194 valence electrons. The number of rotatable bonds is 4. The lowest BCUT2D eigenvalue weighted by molar-refractivity contribution is -0.152. The van der Waals surface area contributed by atoms with E-state index in [2.05, 4.69) is 9.97 Å². The number of aliphatic hydroxyl groups is 1. The van der Waals surface area contributed by atoms with Gasteiger partial charge in [-0.15, -0.1) is 0 Å². The number of carbonyl (C=O) groups excluding carboxylic acids is 1. The Morgan fingerprint density at radius 1 is 1.05 bits per heavy atom. The van der Waals surface area contributed by atoms with Crippen molar-refractivity contribution in [2.24, 2.45) is 17.8 Å². The van der Waals surface area contributed by atoms with Crippen LogP contribution in [0, 0.1) is 29.4 Å². The summed E-state index contributed by atoms with van der Waals surface area (Å²) in [5.74, 6) is -0.925. The zero-order chi connectivity index (χ0) is 26.4. The summed E-state index contributed by atoms with van der Waals surface area (Å²) in [6.07, 6.45) is 4.94. The Hall–Kier alpha value is -2.94. The summed E-state index contributed by atoms with van der Waals surface area (Å²) in [5, 5.41) is 12.1. The highest BCUT2D eigenvalue weighted by atomic mass is 35.5. The van der Waals surface area contributed by atoms with Crippen LogP contribution in [0.4, 0.5) is 20.3 Å². The summed E-state index contributed by atoms with van der Waals surface area (Å²) in [4.78, 5) is 24.2. The number of hydrogen-bond acceptors (Lipinski definition) is 4. The van der Waals surface area contributed by atoms with E-state index < -0.39 is 11.4 Å². The Kier molecular flexibility index (Phi) is 6.77. The van der Waals surface area contributed by atoms with Crippen LogP contribution in [0.15, 0.2) is 61.1 Å². The van der Waals surface area contributed by atoms with Crippen molar-refractivity contribution in [1.29, 1.82) is 0 Å². The molecule has 3 aromatic rings. The topological polar surface area (TPSA) is 66.3 Å². The first-order valence-corrected chi connectivity index (χ1v) is 12.9. The molecule has 0 bridgehead atoms. The summed E-state index contributed by atoms with van der Waals surface area (Å²) in [6.45, 7) is 5.59. The second-order valence-corrected chi connectivity index (χ2v) is 10.9. The standard InChI is InChI=1S/C28H30ClF2N4O2/c1-18-15-34(16-19(2)28(18,37)21-3-6-23(30)7-4-21)27(36)20-9-10-35(17-20,25-11-24(31)13-32-14-25)26-8-5-22(29)12-33-26/h3-8,11-14,18-20,37H,9-10,15-17H2,1-2H3/q+1/t18-,19+,20-,28?,35?/m0/s1. The number of benzene rings is 1. The molecule has 0 radical (unpaired) electrons. The van der Waals surface area contributed by atoms with E-state index >= 15 is 0 Å². The van der Waals surface area contributed by atoms with Crippen LogP contribution < -0.4 is 4.48 Å². The fraction of sp³-hybridized carbons (Fsp3) is 0.393. The summed E-state index contributed by atoms with van der Waals surface area (Å²) >= 11 is 6.08. The minimum absolute atomic E-state index is 0.0122. The van der Waals surface area contributed by atoms with Gasteiger partial charge in [0.2, 0.25) is 11.7 Å². The summed E-state index contributed by atoms with van der Waals surface area (Å²) in [7, 11) is 0. The van der Waals surface area contributed by atoms with Gasteiger partial charge in [-0.1, -0.05) is 37.6 Å². The lowest BCUT2D eigenvalue weighted by Gasteiger charge is -2.48. The maximum atomic E-state index is 14.2. The molecule has 37 heavy (non-hydrogen) atoms. The van der Waals surface area contributed by atoms with Crippen LogP contribution in [0.1, 0.15) is 25.8 Å². The van der Waals surface area contributed by atoms with E-state index in [0.717, 1.165) is 6.20 Å². The maximum Gasteiger partial charge on any atom is 0.232 e. The lowest BCUT2D eigenvalue weighted by atomic mass is 9.70. The van der Waals surface area contributed by atoms with Crippen molar-refractivity contribution < 1.29 is 18.7 Å². The number of piperidine rings is 1. The fourth-order valence-electron chi connectivity index (χ4n) is 6.19. The van der Waals surface area contributed by atoms with Crippen LogP contribution in [-0.2, 0) is 10.4 Å². The van der Waals surface area contributed by atoms with E-state index in [1.165, 1.54) is 18.2 Å². The predicted octanol–water partition coefficient (Wildman–Crippen LogP) is 5.07. The molecule has 1 N–H and O–H groups in total. The Morgan fingerprint density at radius 3 is 2.38 bits per heavy atom. The van der Waals surface area contributed by atoms with Crippen LogP contribution in [-0.4, -0.2) is 52.1 Å². The second kappa shape index (κ2) is 9.74. The van der Waals surface area contributed by atoms with Gasteiger partial charge in [0.05, 0.1) is 41.7 Å². The molecule has 1 aromatic carbocycles. The molecule has 2 saturated heterocycles. The fourth-order valence-corrected chi connectivity index (χ4v) is 6.30. The molecule has 2 fully saturated rings. The number of nitrogens with zero attached hydrogens (tertiary/aromatic N) is 4. The first kappa shape index (κ1) is 25.7. The third kappa shape index (κ3) is 4.51. The molecule has 2 aromatic heterocycles. The Morgan fingerprint density at radius 2 is 1.76 bits per heavy atom. The van der Waals surface area contributed by atoms with E-state index in [1.807, 2.05) is 24.8 Å². The maximum absolute atomic E-state index is 14.2. The van der Waals surface area contributed by atoms with Crippen LogP contribution in [0.5, 0.6) is 0 Å². The van der Waals surface area contributed by atoms with Gasteiger partial charge in [-0.2, -0.15) is 0 Å². The van der Waals surface area contributed by atoms with Crippen LogP contribution >= 0.6 is 11.6 Å². The third-order valence-electron chi connectivity index (χ3n) is 8.19. The van der Waals surface area contributed by atoms with Crippen LogP contribution in [0.3, 0.4) is 0 Å². The number of aromatic nitrogens is 2. The van der Waals surface area contributed by atoms with Gasteiger partial charge in [-0.05, 0) is 23.8 Å². The van der Waals surface area contributed by atoms with Crippen molar-refractivity contribution in [3.8, 4) is 0 Å². The Balaban J connectivity index is 1.40. The van der Waals surface area contributed by atoms with Gasteiger partial charge in [-0.25, -0.2) is 18.2 Å². The normalized spacial score (nSPS) is 29.9. The van der Waals surface area contributed by atoms with Gasteiger partial charge in [0.25, 0.3) is 0 Å². The highest BCUT2D eigenvalue weighted by molar-refractivity contribution is 6.30. The van der Waals surface area contributed by atoms with Crippen molar-refractivity contribution in [1.82, 2.24) is 19.4 Å². The summed E-state index contributed by atoms with van der Waals surface area (Å²) in [5.41, 5.74) is 0.127. The van der Waals surface area contributed by atoms with Crippen molar-refractivity contribution in [3.63, 3.8) is 0 Å². The molecule has 5 atom stereocenters. The summed E-state index contributed by atoms with van der Waals surface area (Å²) < 4.78 is 27.9. The van der Waals surface area contributed by atoms with Gasteiger partial charge in [0.15, 0.2) is 5.69 Å². The number of carbonyl (C=O) groups is 1. The second-order valence-electron chi connectivity index (χ2n) is 10.4. The van der Waals surface area contributed by atoms with Crippen molar-refractivity contribution in [2.75, 3.05) is 26.2 Å². The van der Waals surface area contributed by atoms with Crippen molar-refractivity contribution in [2.45, 2.75) is 25.9 Å². The summed E-state index contributed by atoms with van der Waals surface area (Å²) in [6, 6.07) is 11.0. The molecule has 5 rings (SSSR count). The van der Waals surface area contributed by atoms with Crippen molar-refractivity contribution in [3.05, 3.63) is 83.3 Å². The number of halogens is 3. The van der Waals surface area contributed by atoms with E-state index in [9.17, 15) is 18.7 Å². The molecule has 6 nitrogen and oxygen atoms in total. The average molecular weight is 528 g/mol. The highest BCUT2D eigenvalue weighted by Gasteiger charge is 2.51. The SMILES string of the molecule is C[C@@H]1CN(C(=O)[C@H]2CC[N+](c3cncc(F)c3)(c3ccc(Cl)cn3)C2)C[C@H](C)C1(O)c1ccc(F)cc1. The van der Waals surface area contributed by atoms with Gasteiger partial charge in [0, 0.05) is 43.5 Å². The number of hydrogen-bond donors (Lipinski definition) is 1. The zero-order valence-corrected chi connectivity index (χ0v) is 21.6. The van der Waals surface area contributed by atoms with Gasteiger partial charge in [-0.3, -0.25) is 9.78 Å². The van der Waals surface area contributed by atoms with E-state index in [-0.39, 0.29) is 34.0 Å². The van der Waals surface area contributed by atoms with E-state index in [0.29, 0.717) is 54.7 Å². The van der Waals surface area contributed by atoms with Crippen LogP contribution in [0.25, 0.3) is 0 Å². The quantitative estimate of drug-likeness (QED) is 0.481. The minimum Gasteiger partial charge on any atom is -0.384 e. The number of quaternary nitrogens is 1. The van der Waals surface area contributed by atoms with E-state index in [4.69, 9.17) is 11.6 Å². The first-order chi connectivity index (χ1) is 17.6. The van der Waals surface area contributed by atoms with E-state index in [1.54, 1.807) is 30.6 Å². The Labute approximate surface area is 220 Å². The molecular weight excluding hydrogens is 498 g/mol. The monoisotopic (exact) mass is 527 g/mol. The average Bonchev–Trinajstić information content (AvgIpc) is 3.34. The predicted molar refractivity (Wildman–Crippen MR) is 138 cm³/mol. The van der Waals surface area contributed by atoms with Crippen molar-refractivity contribution >= 4 is 29.0 Å². The molecule has 0 saturated carbocycles. The van der Waals surface area contributed by atoms with Gasteiger partial charge in [0.1, 0.15) is 18.2 Å². The number of amides is 1. The first-order valence-electron chi connectivity index (χ1n) is 12.5. The van der Waals surface area contributed by atoms with Crippen LogP contribution in [0.2, 0.25) is 5.02 Å². The number of likely N-dealkylation sites (tertiary alicyclic amines) is 1. The molecule has 2 aliphatic heterocycles. The largest absolute Gasteiger partial charge is 0.384 e. The van der Waals surface area contributed by atoms with Gasteiger partial charge >= 0.3 is 0 Å². The third-order valence-corrected chi connectivity index (χ3v) is 8.41. The smallest absolute Gasteiger partial charge is 0.232 e. The number of pyridine rings is 2. The Bertz CT molecular complexity index is 1280. The molecule has 0 aliphatic carbocycles.